The Morgan fingerprint density at radius 3 is 2.31 bits per heavy atom. The zero-order valence-electron chi connectivity index (χ0n) is 17.7. The largest absolute Gasteiger partial charge is 0.493 e. The number of likely N-dealkylation sites (tertiary alicyclic amines) is 1. The molecule has 1 saturated heterocycles. The SMILES string of the molecule is CCN1C[C@@H](c2ccc(OC)c(OC3CCCC3)c2)CC1(OC(C)=O)OC(C)=O. The fourth-order valence-electron chi connectivity index (χ4n) is 4.41. The van der Waals surface area contributed by atoms with E-state index < -0.39 is 17.8 Å². The monoisotopic (exact) mass is 405 g/mol. The summed E-state index contributed by atoms with van der Waals surface area (Å²) in [5.74, 6) is -0.875. The maximum Gasteiger partial charge on any atom is 0.321 e. The number of hydrogen-bond donors (Lipinski definition) is 0. The van der Waals surface area contributed by atoms with Gasteiger partial charge in [0.2, 0.25) is 0 Å². The van der Waals surface area contributed by atoms with Crippen molar-refractivity contribution in [3.05, 3.63) is 23.8 Å². The van der Waals surface area contributed by atoms with E-state index in [1.165, 1.54) is 26.7 Å². The van der Waals surface area contributed by atoms with Gasteiger partial charge in [0, 0.05) is 39.3 Å². The second kappa shape index (κ2) is 9.03. The van der Waals surface area contributed by atoms with Gasteiger partial charge < -0.3 is 18.9 Å². The highest BCUT2D eigenvalue weighted by Gasteiger charge is 2.51. The third kappa shape index (κ3) is 4.83. The van der Waals surface area contributed by atoms with Crippen LogP contribution in [0, 0.1) is 0 Å². The van der Waals surface area contributed by atoms with E-state index in [2.05, 4.69) is 0 Å². The van der Waals surface area contributed by atoms with E-state index in [-0.39, 0.29) is 12.0 Å². The molecule has 0 unspecified atom stereocenters. The van der Waals surface area contributed by atoms with Gasteiger partial charge in [0.15, 0.2) is 11.5 Å². The molecule has 0 amide bonds. The fourth-order valence-corrected chi connectivity index (χ4v) is 4.41. The molecule has 1 atom stereocenters. The Morgan fingerprint density at radius 1 is 1.10 bits per heavy atom. The lowest BCUT2D eigenvalue weighted by Crippen LogP contribution is -2.50. The lowest BCUT2D eigenvalue weighted by Gasteiger charge is -2.35. The van der Waals surface area contributed by atoms with Gasteiger partial charge in [-0.2, -0.15) is 0 Å². The van der Waals surface area contributed by atoms with Crippen LogP contribution >= 0.6 is 0 Å². The molecule has 0 aromatic heterocycles. The average molecular weight is 405 g/mol. The number of hydrogen-bond acceptors (Lipinski definition) is 7. The molecule has 7 heteroatoms. The quantitative estimate of drug-likeness (QED) is 0.507. The summed E-state index contributed by atoms with van der Waals surface area (Å²) in [5, 5.41) is 0. The molecule has 2 fully saturated rings. The molecular weight excluding hydrogens is 374 g/mol. The van der Waals surface area contributed by atoms with Crippen molar-refractivity contribution < 1.29 is 28.5 Å². The van der Waals surface area contributed by atoms with E-state index in [1.54, 1.807) is 7.11 Å². The zero-order valence-corrected chi connectivity index (χ0v) is 17.7. The molecule has 2 aliphatic rings. The number of benzene rings is 1. The maximum atomic E-state index is 11.7. The van der Waals surface area contributed by atoms with E-state index >= 15 is 0 Å². The summed E-state index contributed by atoms with van der Waals surface area (Å²) in [6.07, 6.45) is 5.08. The number of likely N-dealkylation sites (N-methyl/N-ethyl adjacent to an activating group) is 1. The fraction of sp³-hybridized carbons (Fsp3) is 0.636. The Labute approximate surface area is 172 Å². The summed E-state index contributed by atoms with van der Waals surface area (Å²) in [6, 6.07) is 5.91. The number of methoxy groups -OCH3 is 1. The van der Waals surface area contributed by atoms with Gasteiger partial charge in [0.1, 0.15) is 0 Å². The van der Waals surface area contributed by atoms with Crippen molar-refractivity contribution in [1.29, 1.82) is 0 Å². The van der Waals surface area contributed by atoms with Crippen LogP contribution in [-0.4, -0.2) is 49.1 Å². The lowest BCUT2D eigenvalue weighted by atomic mass is 9.97. The lowest BCUT2D eigenvalue weighted by molar-refractivity contribution is -0.273. The highest BCUT2D eigenvalue weighted by molar-refractivity contribution is 5.69. The number of nitrogens with zero attached hydrogens (tertiary/aromatic N) is 1. The molecule has 0 bridgehead atoms. The highest BCUT2D eigenvalue weighted by Crippen LogP contribution is 2.43. The molecule has 3 rings (SSSR count). The Balaban J connectivity index is 1.87. The second-order valence-corrected chi connectivity index (χ2v) is 7.77. The van der Waals surface area contributed by atoms with Crippen molar-refractivity contribution in [3.63, 3.8) is 0 Å². The molecule has 1 heterocycles. The molecule has 160 valence electrons. The first kappa shape index (κ1) is 21.4. The van der Waals surface area contributed by atoms with Crippen molar-refractivity contribution >= 4 is 11.9 Å². The Kier molecular flexibility index (Phi) is 6.67. The second-order valence-electron chi connectivity index (χ2n) is 7.77. The predicted octanol–water partition coefficient (Wildman–Crippen LogP) is 3.61. The third-order valence-electron chi connectivity index (χ3n) is 5.67. The van der Waals surface area contributed by atoms with Crippen LogP contribution < -0.4 is 9.47 Å². The first-order chi connectivity index (χ1) is 13.9. The van der Waals surface area contributed by atoms with Crippen LogP contribution in [0.1, 0.15) is 64.4 Å². The molecule has 29 heavy (non-hydrogen) atoms. The van der Waals surface area contributed by atoms with E-state index in [0.717, 1.165) is 24.2 Å². The molecule has 0 radical (unpaired) electrons. The van der Waals surface area contributed by atoms with Gasteiger partial charge in [-0.25, -0.2) is 4.90 Å². The molecule has 1 aliphatic heterocycles. The summed E-state index contributed by atoms with van der Waals surface area (Å²) in [6.45, 7) is 5.79. The van der Waals surface area contributed by atoms with Crippen molar-refractivity contribution in [2.75, 3.05) is 20.2 Å². The maximum absolute atomic E-state index is 11.7. The third-order valence-corrected chi connectivity index (χ3v) is 5.67. The van der Waals surface area contributed by atoms with Crippen LogP contribution in [0.4, 0.5) is 0 Å². The van der Waals surface area contributed by atoms with E-state index in [9.17, 15) is 9.59 Å². The van der Waals surface area contributed by atoms with E-state index in [4.69, 9.17) is 18.9 Å². The number of rotatable bonds is 7. The van der Waals surface area contributed by atoms with Crippen molar-refractivity contribution in [1.82, 2.24) is 4.90 Å². The molecule has 1 aromatic rings. The smallest absolute Gasteiger partial charge is 0.321 e. The van der Waals surface area contributed by atoms with Crippen LogP contribution in [0.5, 0.6) is 11.5 Å². The molecule has 1 aliphatic carbocycles. The van der Waals surface area contributed by atoms with Gasteiger partial charge >= 0.3 is 17.8 Å². The van der Waals surface area contributed by atoms with E-state index in [0.29, 0.717) is 25.3 Å². The van der Waals surface area contributed by atoms with Gasteiger partial charge in [-0.15, -0.1) is 0 Å². The topological polar surface area (TPSA) is 74.3 Å². The van der Waals surface area contributed by atoms with Gasteiger partial charge in [0.25, 0.3) is 0 Å². The molecule has 1 saturated carbocycles. The van der Waals surface area contributed by atoms with Crippen LogP contribution in [-0.2, 0) is 19.1 Å². The standard InChI is InChI=1S/C22H31NO6/c1-5-23-14-18(13-22(23,28-15(2)24)29-16(3)25)17-10-11-20(26-4)21(12-17)27-19-8-6-7-9-19/h10-12,18-19H,5-9,13-14H2,1-4H3/t18-/m0/s1. The van der Waals surface area contributed by atoms with Gasteiger partial charge in [-0.3, -0.25) is 9.59 Å². The molecule has 0 N–H and O–H groups in total. The number of ether oxygens (including phenoxy) is 4. The Bertz CT molecular complexity index is 727. The average Bonchev–Trinajstić information content (AvgIpc) is 3.28. The zero-order chi connectivity index (χ0) is 21.0. The first-order valence-electron chi connectivity index (χ1n) is 10.4. The summed E-state index contributed by atoms with van der Waals surface area (Å²) in [5.41, 5.74) is 1.04. The number of carbonyl (C=O) groups excluding carboxylic acids is 2. The van der Waals surface area contributed by atoms with Gasteiger partial charge in [-0.05, 0) is 43.4 Å². The molecular formula is C22H31NO6. The summed E-state index contributed by atoms with van der Waals surface area (Å²) < 4.78 is 22.8. The van der Waals surface area contributed by atoms with Crippen LogP contribution in [0.15, 0.2) is 18.2 Å². The van der Waals surface area contributed by atoms with E-state index in [1.807, 2.05) is 30.0 Å². The molecule has 7 nitrogen and oxygen atoms in total. The number of carbonyl (C=O) groups is 2. The van der Waals surface area contributed by atoms with Crippen LogP contribution in [0.2, 0.25) is 0 Å². The predicted molar refractivity (Wildman–Crippen MR) is 107 cm³/mol. The molecule has 1 aromatic carbocycles. The Hall–Kier alpha value is -2.28. The van der Waals surface area contributed by atoms with Crippen LogP contribution in [0.25, 0.3) is 0 Å². The van der Waals surface area contributed by atoms with Gasteiger partial charge in [-0.1, -0.05) is 13.0 Å². The minimum Gasteiger partial charge on any atom is -0.493 e. The number of esters is 2. The summed E-state index contributed by atoms with van der Waals surface area (Å²) in [4.78, 5) is 25.4. The Morgan fingerprint density at radius 2 is 1.76 bits per heavy atom. The summed E-state index contributed by atoms with van der Waals surface area (Å²) in [7, 11) is 1.64. The first-order valence-corrected chi connectivity index (χ1v) is 10.4. The highest BCUT2D eigenvalue weighted by atomic mass is 16.8. The van der Waals surface area contributed by atoms with Crippen molar-refractivity contribution in [2.45, 2.75) is 70.8 Å². The minimum absolute atomic E-state index is 0.0190. The minimum atomic E-state index is -1.37. The van der Waals surface area contributed by atoms with Gasteiger partial charge in [0.05, 0.1) is 13.2 Å². The normalized spacial score (nSPS) is 21.7. The molecule has 0 spiro atoms. The van der Waals surface area contributed by atoms with Crippen molar-refractivity contribution in [2.24, 2.45) is 0 Å². The van der Waals surface area contributed by atoms with Crippen LogP contribution in [0.3, 0.4) is 0 Å². The summed E-state index contributed by atoms with van der Waals surface area (Å²) >= 11 is 0. The van der Waals surface area contributed by atoms with Crippen molar-refractivity contribution in [3.8, 4) is 11.5 Å².